The van der Waals surface area contributed by atoms with Crippen molar-refractivity contribution < 1.29 is 4.74 Å². The van der Waals surface area contributed by atoms with Gasteiger partial charge in [0.2, 0.25) is 0 Å². The second-order valence-electron chi connectivity index (χ2n) is 6.67. The van der Waals surface area contributed by atoms with Crippen LogP contribution in [0.4, 0.5) is 0 Å². The fourth-order valence-electron chi connectivity index (χ4n) is 3.36. The van der Waals surface area contributed by atoms with E-state index in [4.69, 9.17) is 4.74 Å². The molecular weight excluding hydrogens is 260 g/mol. The first-order chi connectivity index (χ1) is 10.2. The van der Waals surface area contributed by atoms with Gasteiger partial charge >= 0.3 is 0 Å². The summed E-state index contributed by atoms with van der Waals surface area (Å²) < 4.78 is 5.20. The summed E-state index contributed by atoms with van der Waals surface area (Å²) >= 11 is 0. The van der Waals surface area contributed by atoms with Gasteiger partial charge in [0.05, 0.1) is 7.11 Å². The van der Waals surface area contributed by atoms with E-state index in [9.17, 15) is 0 Å². The zero-order valence-corrected chi connectivity index (χ0v) is 13.3. The molecule has 1 aliphatic carbocycles. The molecule has 1 saturated carbocycles. The first-order valence-corrected chi connectivity index (χ1v) is 8.37. The van der Waals surface area contributed by atoms with Crippen LogP contribution in [0.3, 0.4) is 0 Å². The van der Waals surface area contributed by atoms with Gasteiger partial charge in [0, 0.05) is 31.2 Å². The van der Waals surface area contributed by atoms with E-state index >= 15 is 0 Å². The lowest BCUT2D eigenvalue weighted by Gasteiger charge is -2.20. The summed E-state index contributed by atoms with van der Waals surface area (Å²) in [6.45, 7) is 4.88. The average Bonchev–Trinajstić information content (AvgIpc) is 3.26. The highest BCUT2D eigenvalue weighted by atomic mass is 16.5. The van der Waals surface area contributed by atoms with Gasteiger partial charge in [0.15, 0.2) is 0 Å². The van der Waals surface area contributed by atoms with Crippen LogP contribution in [-0.4, -0.2) is 43.2 Å². The van der Waals surface area contributed by atoms with Crippen molar-refractivity contribution in [1.29, 1.82) is 0 Å². The molecule has 3 heteroatoms. The SMILES string of the molecule is COc1ccc(CCC(C)NC2CCN(C3CC3)C2)cc1. The highest BCUT2D eigenvalue weighted by Crippen LogP contribution is 2.29. The quantitative estimate of drug-likeness (QED) is 0.835. The zero-order valence-electron chi connectivity index (χ0n) is 13.3. The van der Waals surface area contributed by atoms with Crippen LogP contribution in [0.1, 0.15) is 38.2 Å². The first kappa shape index (κ1) is 14.9. The molecule has 3 rings (SSSR count). The second-order valence-corrected chi connectivity index (χ2v) is 6.67. The zero-order chi connectivity index (χ0) is 14.7. The van der Waals surface area contributed by atoms with Crippen molar-refractivity contribution in [1.82, 2.24) is 10.2 Å². The minimum atomic E-state index is 0.594. The maximum absolute atomic E-state index is 5.20. The van der Waals surface area contributed by atoms with E-state index in [2.05, 4.69) is 41.4 Å². The lowest BCUT2D eigenvalue weighted by molar-refractivity contribution is 0.312. The number of rotatable bonds is 7. The van der Waals surface area contributed by atoms with Crippen molar-refractivity contribution in [2.75, 3.05) is 20.2 Å². The molecule has 116 valence electrons. The molecular formula is C18H28N2O. The predicted molar refractivity (Wildman–Crippen MR) is 86.9 cm³/mol. The summed E-state index contributed by atoms with van der Waals surface area (Å²) in [7, 11) is 1.72. The fraction of sp³-hybridized carbons (Fsp3) is 0.667. The van der Waals surface area contributed by atoms with Crippen molar-refractivity contribution in [3.8, 4) is 5.75 Å². The van der Waals surface area contributed by atoms with E-state index in [1.54, 1.807) is 7.11 Å². The van der Waals surface area contributed by atoms with Crippen molar-refractivity contribution in [2.24, 2.45) is 0 Å². The highest BCUT2D eigenvalue weighted by Gasteiger charge is 2.34. The van der Waals surface area contributed by atoms with Gasteiger partial charge in [-0.05, 0) is 56.7 Å². The molecule has 1 aromatic carbocycles. The van der Waals surface area contributed by atoms with E-state index < -0.39 is 0 Å². The molecule has 1 saturated heterocycles. The Kier molecular flexibility index (Phi) is 4.81. The molecule has 2 fully saturated rings. The molecule has 21 heavy (non-hydrogen) atoms. The van der Waals surface area contributed by atoms with Crippen LogP contribution < -0.4 is 10.1 Å². The van der Waals surface area contributed by atoms with E-state index in [0.717, 1.165) is 18.2 Å². The molecule has 0 bridgehead atoms. The Labute approximate surface area is 128 Å². The predicted octanol–water partition coefficient (Wildman–Crippen LogP) is 2.84. The Balaban J connectivity index is 1.38. The first-order valence-electron chi connectivity index (χ1n) is 8.37. The Bertz CT molecular complexity index is 441. The lowest BCUT2D eigenvalue weighted by Crippen LogP contribution is -2.39. The molecule has 2 unspecified atom stereocenters. The number of hydrogen-bond acceptors (Lipinski definition) is 3. The van der Waals surface area contributed by atoms with Gasteiger partial charge < -0.3 is 10.1 Å². The molecule has 0 spiro atoms. The molecule has 0 aromatic heterocycles. The average molecular weight is 288 g/mol. The number of aryl methyl sites for hydroxylation is 1. The van der Waals surface area contributed by atoms with Crippen molar-refractivity contribution in [3.63, 3.8) is 0 Å². The largest absolute Gasteiger partial charge is 0.497 e. The monoisotopic (exact) mass is 288 g/mol. The fourth-order valence-corrected chi connectivity index (χ4v) is 3.36. The van der Waals surface area contributed by atoms with Crippen LogP contribution in [0.25, 0.3) is 0 Å². The summed E-state index contributed by atoms with van der Waals surface area (Å²) in [6, 6.07) is 10.7. The molecule has 1 aromatic rings. The van der Waals surface area contributed by atoms with Crippen LogP contribution in [-0.2, 0) is 6.42 Å². The third-order valence-corrected chi connectivity index (χ3v) is 4.83. The normalized spacial score (nSPS) is 24.2. The molecule has 0 radical (unpaired) electrons. The van der Waals surface area contributed by atoms with Crippen LogP contribution >= 0.6 is 0 Å². The van der Waals surface area contributed by atoms with Crippen LogP contribution in [0, 0.1) is 0 Å². The summed E-state index contributed by atoms with van der Waals surface area (Å²) in [5.41, 5.74) is 1.40. The third-order valence-electron chi connectivity index (χ3n) is 4.83. The standard InChI is InChI=1S/C18H28N2O/c1-14(3-4-15-5-9-18(21-2)10-6-15)19-16-11-12-20(13-16)17-7-8-17/h5-6,9-10,14,16-17,19H,3-4,7-8,11-13H2,1-2H3. The Morgan fingerprint density at radius 3 is 2.67 bits per heavy atom. The van der Waals surface area contributed by atoms with Gasteiger partial charge in [0.25, 0.3) is 0 Å². The number of methoxy groups -OCH3 is 1. The number of nitrogens with one attached hydrogen (secondary N) is 1. The number of hydrogen-bond donors (Lipinski definition) is 1. The number of benzene rings is 1. The van der Waals surface area contributed by atoms with E-state index in [1.807, 2.05) is 0 Å². The molecule has 0 amide bonds. The topological polar surface area (TPSA) is 24.5 Å². The molecule has 2 atom stereocenters. The van der Waals surface area contributed by atoms with Crippen LogP contribution in [0.5, 0.6) is 5.75 Å². The molecule has 1 N–H and O–H groups in total. The van der Waals surface area contributed by atoms with Gasteiger partial charge in [-0.2, -0.15) is 0 Å². The van der Waals surface area contributed by atoms with Crippen molar-refractivity contribution in [3.05, 3.63) is 29.8 Å². The lowest BCUT2D eigenvalue weighted by atomic mass is 10.1. The van der Waals surface area contributed by atoms with Gasteiger partial charge in [-0.15, -0.1) is 0 Å². The van der Waals surface area contributed by atoms with E-state index in [0.29, 0.717) is 12.1 Å². The molecule has 3 nitrogen and oxygen atoms in total. The number of ether oxygens (including phenoxy) is 1. The minimum absolute atomic E-state index is 0.594. The number of likely N-dealkylation sites (tertiary alicyclic amines) is 1. The Morgan fingerprint density at radius 2 is 2.00 bits per heavy atom. The second kappa shape index (κ2) is 6.80. The third kappa shape index (κ3) is 4.21. The van der Waals surface area contributed by atoms with Crippen molar-refractivity contribution in [2.45, 2.75) is 57.2 Å². The minimum Gasteiger partial charge on any atom is -0.497 e. The molecule has 1 aliphatic heterocycles. The van der Waals surface area contributed by atoms with Crippen LogP contribution in [0.2, 0.25) is 0 Å². The van der Waals surface area contributed by atoms with E-state index in [1.165, 1.54) is 44.3 Å². The summed E-state index contributed by atoms with van der Waals surface area (Å²) in [5.74, 6) is 0.941. The smallest absolute Gasteiger partial charge is 0.118 e. The maximum Gasteiger partial charge on any atom is 0.118 e. The van der Waals surface area contributed by atoms with Gasteiger partial charge in [-0.1, -0.05) is 12.1 Å². The summed E-state index contributed by atoms with van der Waals surface area (Å²) in [4.78, 5) is 2.67. The van der Waals surface area contributed by atoms with E-state index in [-0.39, 0.29) is 0 Å². The summed E-state index contributed by atoms with van der Waals surface area (Å²) in [5, 5.41) is 3.82. The molecule has 2 aliphatic rings. The Morgan fingerprint density at radius 1 is 1.24 bits per heavy atom. The molecule has 1 heterocycles. The maximum atomic E-state index is 5.20. The summed E-state index contributed by atoms with van der Waals surface area (Å²) in [6.07, 6.45) is 6.52. The number of nitrogens with zero attached hydrogens (tertiary/aromatic N) is 1. The van der Waals surface area contributed by atoms with Crippen molar-refractivity contribution >= 4 is 0 Å². The highest BCUT2D eigenvalue weighted by molar-refractivity contribution is 5.27. The van der Waals surface area contributed by atoms with Gasteiger partial charge in [0.1, 0.15) is 5.75 Å². The van der Waals surface area contributed by atoms with Crippen LogP contribution in [0.15, 0.2) is 24.3 Å². The van der Waals surface area contributed by atoms with Gasteiger partial charge in [-0.25, -0.2) is 0 Å². The van der Waals surface area contributed by atoms with Gasteiger partial charge in [-0.3, -0.25) is 4.90 Å². The Hall–Kier alpha value is -1.06.